The lowest BCUT2D eigenvalue weighted by Gasteiger charge is -2.41. The van der Waals surface area contributed by atoms with Crippen LogP contribution in [0, 0.1) is 23.2 Å². The molecule has 0 saturated heterocycles. The van der Waals surface area contributed by atoms with Crippen LogP contribution in [0.15, 0.2) is 23.7 Å². The highest BCUT2D eigenvalue weighted by molar-refractivity contribution is 5.86. The lowest BCUT2D eigenvalue weighted by atomic mass is 9.91. The Kier molecular flexibility index (Phi) is 33.9. The second-order valence-corrected chi connectivity index (χ2v) is 18.7. The van der Waals surface area contributed by atoms with Gasteiger partial charge in [-0.15, -0.1) is 6.42 Å². The standard InChI is InChI=1S/C50H83N11O22/c1-6-16-75-20-22-78-24-25-79-23-21-76-17-11-38(68)61(15-19-77-18-14-60(5)50(74)83-42(35(67)29-63)44-40(56-31(3)65)33(58-48(53)54)27-37(81-44)46(71)72)13-10-8-7-9-12-59(4)49(73)82-41(34(66)28-62)43-39(55-30(2)64)32(57-47(51)52)26-36(80-43)45(69)70/h1,26-27,32-35,39-44,62-63,66-67H,7-25,28-29H2,2-5H3,(H,55,64)(H,56,65)(H,69,70)(H,71,72)(H4,51,52,57)(H4,53,54,58)/t32-,33-,34+,35+,39+,40+,41+,42+,43+,44+/m0/s1. The van der Waals surface area contributed by atoms with Crippen LogP contribution in [0.1, 0.15) is 46.0 Å². The summed E-state index contributed by atoms with van der Waals surface area (Å²) in [5.74, 6) is -4.84. The molecule has 0 saturated carbocycles. The Balaban J connectivity index is 2.07. The topological polar surface area (TPSA) is 482 Å². The number of ether oxygens (including phenoxy) is 9. The number of aliphatic carboxylic acids is 2. The Hall–Kier alpha value is -7.29. The highest BCUT2D eigenvalue weighted by Gasteiger charge is 2.48. The van der Waals surface area contributed by atoms with Gasteiger partial charge in [0.15, 0.2) is 36.3 Å². The molecule has 83 heavy (non-hydrogen) atoms. The van der Waals surface area contributed by atoms with Gasteiger partial charge in [-0.05, 0) is 25.0 Å². The lowest BCUT2D eigenvalue weighted by Crippen LogP contribution is -2.65. The summed E-state index contributed by atoms with van der Waals surface area (Å²) >= 11 is 0. The number of aliphatic hydroxyl groups excluding tert-OH is 4. The number of carbonyl (C=O) groups excluding carboxylic acids is 5. The third-order valence-electron chi connectivity index (χ3n) is 12.2. The van der Waals surface area contributed by atoms with Gasteiger partial charge < -0.3 is 121 Å². The number of carboxylic acids is 2. The predicted octanol–water partition coefficient (Wildman–Crippen LogP) is -4.49. The SMILES string of the molecule is C#CCOCCOCCOCCOCCC(=O)N(CCCCCCN(C)C(=O)O[C@@H]([C@@H]1OC(C(=O)O)=C[C@H](NC(=N)N)[C@H]1NC(C)=O)[C@H](O)CO)CCOCCN(C)C(=O)O[C@@H]([C@@H]1OC(C(=O)O)=C[C@H](NC(=N)N)[C@H]1NC(C)=O)[C@H](O)CO. The zero-order chi connectivity index (χ0) is 62.0. The van der Waals surface area contributed by atoms with Gasteiger partial charge in [-0.1, -0.05) is 18.8 Å². The molecule has 0 spiro atoms. The summed E-state index contributed by atoms with van der Waals surface area (Å²) in [7, 11) is 2.73. The minimum atomic E-state index is -1.85. The van der Waals surface area contributed by atoms with Crippen molar-refractivity contribution in [3.8, 4) is 12.3 Å². The van der Waals surface area contributed by atoms with E-state index >= 15 is 0 Å². The van der Waals surface area contributed by atoms with Gasteiger partial charge in [0.1, 0.15) is 18.8 Å². The quantitative estimate of drug-likeness (QED) is 0.0119. The molecule has 2 rings (SSSR count). The fraction of sp³-hybridized carbons (Fsp3) is 0.700. The molecule has 33 nitrogen and oxygen atoms in total. The van der Waals surface area contributed by atoms with Crippen molar-refractivity contribution in [3.05, 3.63) is 23.7 Å². The number of rotatable bonds is 40. The normalized spacial score (nSPS) is 19.7. The smallest absolute Gasteiger partial charge is 0.410 e. The Bertz CT molecular complexity index is 2200. The second-order valence-electron chi connectivity index (χ2n) is 18.7. The number of nitrogens with one attached hydrogen (secondary N) is 6. The molecule has 2 aliphatic heterocycles. The van der Waals surface area contributed by atoms with Crippen molar-refractivity contribution in [2.24, 2.45) is 11.5 Å². The molecule has 0 aliphatic carbocycles. The average Bonchev–Trinajstić information content (AvgIpc) is 3.53. The number of hydrogen-bond acceptors (Lipinski definition) is 22. The molecule has 0 unspecified atom stereocenters. The zero-order valence-corrected chi connectivity index (χ0v) is 47.1. The number of unbranched alkanes of at least 4 members (excludes halogenated alkanes) is 3. The highest BCUT2D eigenvalue weighted by atomic mass is 16.6. The van der Waals surface area contributed by atoms with Crippen LogP contribution in [0.4, 0.5) is 9.59 Å². The Morgan fingerprint density at radius 3 is 1.42 bits per heavy atom. The summed E-state index contributed by atoms with van der Waals surface area (Å²) in [6.07, 6.45) is -3.16. The second kappa shape index (κ2) is 39.2. The third-order valence-corrected chi connectivity index (χ3v) is 12.2. The van der Waals surface area contributed by atoms with Crippen LogP contribution in [0.2, 0.25) is 0 Å². The van der Waals surface area contributed by atoms with Crippen molar-refractivity contribution in [2.45, 2.75) is 107 Å². The number of nitrogens with zero attached hydrogens (tertiary/aromatic N) is 3. The summed E-state index contributed by atoms with van der Waals surface area (Å²) in [6.45, 7) is 2.76. The number of aliphatic hydroxyl groups is 4. The molecular formula is C50H83N11O22. The van der Waals surface area contributed by atoms with Crippen LogP contribution >= 0.6 is 0 Å². The largest absolute Gasteiger partial charge is 0.477 e. The van der Waals surface area contributed by atoms with Crippen LogP contribution in [0.5, 0.6) is 0 Å². The molecular weight excluding hydrogens is 1110 g/mol. The van der Waals surface area contributed by atoms with Gasteiger partial charge in [-0.2, -0.15) is 0 Å². The van der Waals surface area contributed by atoms with Gasteiger partial charge in [0.05, 0.1) is 103 Å². The van der Waals surface area contributed by atoms with Crippen LogP contribution in [-0.4, -0.2) is 279 Å². The fourth-order valence-corrected chi connectivity index (χ4v) is 8.17. The van der Waals surface area contributed by atoms with Crippen LogP contribution in [0.3, 0.4) is 0 Å². The number of guanidine groups is 2. The van der Waals surface area contributed by atoms with Crippen molar-refractivity contribution in [1.29, 1.82) is 10.8 Å². The van der Waals surface area contributed by atoms with E-state index in [1.165, 1.54) is 19.0 Å². The molecule has 2 heterocycles. The van der Waals surface area contributed by atoms with E-state index < -0.39 is 133 Å². The molecule has 0 radical (unpaired) electrons. The molecule has 0 aromatic carbocycles. The van der Waals surface area contributed by atoms with E-state index in [9.17, 15) is 64.2 Å². The van der Waals surface area contributed by atoms with Gasteiger partial charge in [0, 0.05) is 54.1 Å². The van der Waals surface area contributed by atoms with E-state index in [-0.39, 0.29) is 78.1 Å². The molecule has 0 fully saturated rings. The summed E-state index contributed by atoms with van der Waals surface area (Å²) in [6, 6.07) is -4.91. The molecule has 2 aliphatic rings. The van der Waals surface area contributed by atoms with Gasteiger partial charge in [-0.25, -0.2) is 19.2 Å². The summed E-state index contributed by atoms with van der Waals surface area (Å²) < 4.78 is 49.7. The maximum absolute atomic E-state index is 13.5. The average molecular weight is 1190 g/mol. The van der Waals surface area contributed by atoms with Crippen molar-refractivity contribution in [3.63, 3.8) is 0 Å². The minimum absolute atomic E-state index is 0.00850. The van der Waals surface area contributed by atoms with Gasteiger partial charge >= 0.3 is 24.1 Å². The molecule has 10 atom stereocenters. The number of nitrogens with two attached hydrogens (primary N) is 2. The molecule has 0 aromatic heterocycles. The summed E-state index contributed by atoms with van der Waals surface area (Å²) in [5.41, 5.74) is 11.0. The molecule has 0 aromatic rings. The summed E-state index contributed by atoms with van der Waals surface area (Å²) in [4.78, 5) is 92.5. The molecule has 16 N–H and O–H groups in total. The highest BCUT2D eigenvalue weighted by Crippen LogP contribution is 2.27. The number of terminal acetylenes is 1. The van der Waals surface area contributed by atoms with E-state index in [0.717, 1.165) is 30.9 Å². The van der Waals surface area contributed by atoms with Crippen molar-refractivity contribution < 1.29 is 107 Å². The van der Waals surface area contributed by atoms with Crippen molar-refractivity contribution >= 4 is 53.8 Å². The summed E-state index contributed by atoms with van der Waals surface area (Å²) in [5, 5.41) is 86.3. The predicted molar refractivity (Wildman–Crippen MR) is 289 cm³/mol. The number of hydrogen-bond donors (Lipinski definition) is 14. The van der Waals surface area contributed by atoms with E-state index in [1.54, 1.807) is 4.90 Å². The van der Waals surface area contributed by atoms with E-state index in [1.807, 2.05) is 0 Å². The first-order valence-corrected chi connectivity index (χ1v) is 26.5. The Morgan fingerprint density at radius 2 is 1.01 bits per heavy atom. The maximum Gasteiger partial charge on any atom is 0.410 e. The van der Waals surface area contributed by atoms with E-state index in [4.69, 9.17) is 71.3 Å². The van der Waals surface area contributed by atoms with Gasteiger partial charge in [0.2, 0.25) is 29.2 Å². The molecule has 5 amide bonds. The van der Waals surface area contributed by atoms with Crippen LogP contribution < -0.4 is 32.7 Å². The molecule has 33 heteroatoms. The number of amides is 5. The van der Waals surface area contributed by atoms with Crippen LogP contribution in [-0.2, 0) is 66.6 Å². The number of carboxylic acid groups (broad SMARTS) is 2. The van der Waals surface area contributed by atoms with Gasteiger partial charge in [0.25, 0.3) is 0 Å². The molecule has 470 valence electrons. The van der Waals surface area contributed by atoms with Gasteiger partial charge in [-0.3, -0.25) is 25.2 Å². The van der Waals surface area contributed by atoms with Crippen molar-refractivity contribution in [1.82, 2.24) is 36.0 Å². The third kappa shape index (κ3) is 27.1. The lowest BCUT2D eigenvalue weighted by molar-refractivity contribution is -0.148. The van der Waals surface area contributed by atoms with Crippen molar-refractivity contribution in [2.75, 3.05) is 120 Å². The van der Waals surface area contributed by atoms with Crippen LogP contribution in [0.25, 0.3) is 0 Å². The van der Waals surface area contributed by atoms with E-state index in [0.29, 0.717) is 52.1 Å². The molecule has 0 bridgehead atoms. The monoisotopic (exact) mass is 1190 g/mol. The zero-order valence-electron chi connectivity index (χ0n) is 47.1. The fourth-order valence-electron chi connectivity index (χ4n) is 8.17. The Labute approximate surface area is 480 Å². The maximum atomic E-state index is 13.5. The first kappa shape index (κ1) is 71.8. The first-order chi connectivity index (χ1) is 39.4. The van der Waals surface area contributed by atoms with E-state index in [2.05, 4.69) is 27.2 Å². The Morgan fingerprint density at radius 1 is 0.614 bits per heavy atom. The minimum Gasteiger partial charge on any atom is -0.477 e. The number of likely N-dealkylation sites (N-methyl/N-ethyl adjacent to an activating group) is 1. The first-order valence-electron chi connectivity index (χ1n) is 26.5. The number of carbonyl (C=O) groups is 7.